The smallest absolute Gasteiger partial charge is 0.191 e. The van der Waals surface area contributed by atoms with E-state index in [1.807, 2.05) is 41.8 Å². The van der Waals surface area contributed by atoms with Crippen LogP contribution in [0.1, 0.15) is 17.0 Å². The van der Waals surface area contributed by atoms with E-state index >= 15 is 0 Å². The molecule has 3 rings (SSSR count). The van der Waals surface area contributed by atoms with Crippen molar-refractivity contribution < 1.29 is 9.13 Å². The highest BCUT2D eigenvalue weighted by Crippen LogP contribution is 2.23. The second-order valence-electron chi connectivity index (χ2n) is 5.78. The zero-order chi connectivity index (χ0) is 18.4. The third-order valence-electron chi connectivity index (χ3n) is 3.82. The first-order valence-corrected chi connectivity index (χ1v) is 9.24. The molecule has 1 aromatic heterocycles. The number of hydrogen-bond donors (Lipinski definition) is 0. The van der Waals surface area contributed by atoms with E-state index in [2.05, 4.69) is 16.8 Å². The fourth-order valence-electron chi connectivity index (χ4n) is 2.38. The molecule has 0 saturated heterocycles. The SMILES string of the molecule is C=CCn1c(C)nnc1SCc1ccc(OCc2ccc(F)cc2)cc1. The lowest BCUT2D eigenvalue weighted by Crippen LogP contribution is -2.00. The van der Waals surface area contributed by atoms with Crippen molar-refractivity contribution in [3.05, 3.63) is 84.0 Å². The third-order valence-corrected chi connectivity index (χ3v) is 4.86. The van der Waals surface area contributed by atoms with Gasteiger partial charge in [-0.2, -0.15) is 0 Å². The average molecular weight is 369 g/mol. The molecule has 0 aliphatic rings. The van der Waals surface area contributed by atoms with Gasteiger partial charge in [-0.3, -0.25) is 0 Å². The van der Waals surface area contributed by atoms with Gasteiger partial charge in [-0.25, -0.2) is 4.39 Å². The number of benzene rings is 2. The number of thioether (sulfide) groups is 1. The Labute approximate surface area is 156 Å². The maximum atomic E-state index is 12.9. The second kappa shape index (κ2) is 8.67. The van der Waals surface area contributed by atoms with Crippen LogP contribution in [0, 0.1) is 12.7 Å². The van der Waals surface area contributed by atoms with Gasteiger partial charge in [0.2, 0.25) is 0 Å². The zero-order valence-corrected chi connectivity index (χ0v) is 15.4. The van der Waals surface area contributed by atoms with Gasteiger partial charge < -0.3 is 9.30 Å². The molecule has 0 saturated carbocycles. The molecule has 1 heterocycles. The van der Waals surface area contributed by atoms with Gasteiger partial charge in [-0.15, -0.1) is 16.8 Å². The number of ether oxygens (including phenoxy) is 1. The molecule has 0 unspecified atom stereocenters. The lowest BCUT2D eigenvalue weighted by molar-refractivity contribution is 0.306. The molecule has 0 amide bonds. The summed E-state index contributed by atoms with van der Waals surface area (Å²) in [6.07, 6.45) is 1.84. The van der Waals surface area contributed by atoms with Gasteiger partial charge >= 0.3 is 0 Å². The molecule has 0 atom stereocenters. The standard InChI is InChI=1S/C20H20FN3OS/c1-3-12-24-15(2)22-23-20(24)26-14-17-6-10-19(11-7-17)25-13-16-4-8-18(21)9-5-16/h3-11H,1,12-14H2,2H3. The van der Waals surface area contributed by atoms with E-state index in [-0.39, 0.29) is 5.82 Å². The summed E-state index contributed by atoms with van der Waals surface area (Å²) >= 11 is 1.64. The van der Waals surface area contributed by atoms with E-state index in [0.717, 1.165) is 28.0 Å². The first-order valence-electron chi connectivity index (χ1n) is 8.25. The summed E-state index contributed by atoms with van der Waals surface area (Å²) < 4.78 is 20.7. The summed E-state index contributed by atoms with van der Waals surface area (Å²) in [7, 11) is 0. The number of halogens is 1. The van der Waals surface area contributed by atoms with E-state index in [0.29, 0.717) is 13.2 Å². The minimum Gasteiger partial charge on any atom is -0.489 e. The molecule has 134 valence electrons. The average Bonchev–Trinajstić information content (AvgIpc) is 3.01. The summed E-state index contributed by atoms with van der Waals surface area (Å²) in [6, 6.07) is 14.3. The van der Waals surface area contributed by atoms with E-state index in [1.165, 1.54) is 17.7 Å². The Morgan fingerprint density at radius 1 is 1.08 bits per heavy atom. The molecule has 4 nitrogen and oxygen atoms in total. The van der Waals surface area contributed by atoms with Crippen molar-refractivity contribution in [3.8, 4) is 5.75 Å². The first kappa shape index (κ1) is 18.2. The Bertz CT molecular complexity index is 860. The number of nitrogens with zero attached hydrogens (tertiary/aromatic N) is 3. The minimum absolute atomic E-state index is 0.241. The second-order valence-corrected chi connectivity index (χ2v) is 6.72. The van der Waals surface area contributed by atoms with Crippen molar-refractivity contribution in [3.63, 3.8) is 0 Å². The Balaban J connectivity index is 1.54. The van der Waals surface area contributed by atoms with Gasteiger partial charge in [0.15, 0.2) is 5.16 Å². The van der Waals surface area contributed by atoms with Crippen molar-refractivity contribution in [1.82, 2.24) is 14.8 Å². The minimum atomic E-state index is -0.241. The van der Waals surface area contributed by atoms with Crippen LogP contribution in [-0.4, -0.2) is 14.8 Å². The Hall–Kier alpha value is -2.60. The van der Waals surface area contributed by atoms with Crippen molar-refractivity contribution in [2.45, 2.75) is 31.0 Å². The van der Waals surface area contributed by atoms with Crippen LogP contribution in [0.25, 0.3) is 0 Å². The van der Waals surface area contributed by atoms with Crippen molar-refractivity contribution in [2.24, 2.45) is 0 Å². The number of aryl methyl sites for hydroxylation is 1. The number of aromatic nitrogens is 3. The fourth-order valence-corrected chi connectivity index (χ4v) is 3.33. The van der Waals surface area contributed by atoms with Gasteiger partial charge in [0, 0.05) is 12.3 Å². The monoisotopic (exact) mass is 369 g/mol. The van der Waals surface area contributed by atoms with Crippen LogP contribution in [0.5, 0.6) is 5.75 Å². The van der Waals surface area contributed by atoms with Gasteiger partial charge in [-0.1, -0.05) is 42.1 Å². The van der Waals surface area contributed by atoms with Crippen molar-refractivity contribution in [1.29, 1.82) is 0 Å². The maximum Gasteiger partial charge on any atom is 0.191 e. The van der Waals surface area contributed by atoms with Crippen LogP contribution in [-0.2, 0) is 18.9 Å². The van der Waals surface area contributed by atoms with Crippen molar-refractivity contribution >= 4 is 11.8 Å². The molecule has 0 N–H and O–H groups in total. The molecule has 3 aromatic rings. The molecule has 26 heavy (non-hydrogen) atoms. The summed E-state index contributed by atoms with van der Waals surface area (Å²) in [5.74, 6) is 2.23. The third kappa shape index (κ3) is 4.73. The fraction of sp³-hybridized carbons (Fsp3) is 0.200. The van der Waals surface area contributed by atoms with Crippen LogP contribution in [0.3, 0.4) is 0 Å². The van der Waals surface area contributed by atoms with Crippen LogP contribution in [0.15, 0.2) is 66.3 Å². The molecule has 0 aliphatic carbocycles. The van der Waals surface area contributed by atoms with Crippen molar-refractivity contribution in [2.75, 3.05) is 0 Å². The number of hydrogen-bond acceptors (Lipinski definition) is 4. The molecule has 0 radical (unpaired) electrons. The van der Waals surface area contributed by atoms with Crippen LogP contribution >= 0.6 is 11.8 Å². The zero-order valence-electron chi connectivity index (χ0n) is 14.6. The lowest BCUT2D eigenvalue weighted by Gasteiger charge is -2.08. The predicted molar refractivity (Wildman–Crippen MR) is 102 cm³/mol. The first-order chi connectivity index (χ1) is 12.7. The molecular formula is C20H20FN3OS. The largest absolute Gasteiger partial charge is 0.489 e. The van der Waals surface area contributed by atoms with E-state index in [1.54, 1.807) is 23.9 Å². The lowest BCUT2D eigenvalue weighted by atomic mass is 10.2. The summed E-state index contributed by atoms with van der Waals surface area (Å²) in [6.45, 7) is 6.83. The number of rotatable bonds is 8. The van der Waals surface area contributed by atoms with E-state index in [9.17, 15) is 4.39 Å². The Morgan fingerprint density at radius 2 is 1.77 bits per heavy atom. The Morgan fingerprint density at radius 3 is 2.46 bits per heavy atom. The molecule has 2 aromatic carbocycles. The number of allylic oxidation sites excluding steroid dienone is 1. The normalized spacial score (nSPS) is 10.7. The Kier molecular flexibility index (Phi) is 6.07. The van der Waals surface area contributed by atoms with Gasteiger partial charge in [-0.05, 0) is 42.3 Å². The van der Waals surface area contributed by atoms with Crippen LogP contribution in [0.2, 0.25) is 0 Å². The van der Waals surface area contributed by atoms with Crippen LogP contribution in [0.4, 0.5) is 4.39 Å². The highest BCUT2D eigenvalue weighted by molar-refractivity contribution is 7.98. The topological polar surface area (TPSA) is 39.9 Å². The quantitative estimate of drug-likeness (QED) is 0.423. The van der Waals surface area contributed by atoms with Gasteiger partial charge in [0.05, 0.1) is 0 Å². The van der Waals surface area contributed by atoms with Crippen LogP contribution < -0.4 is 4.74 Å². The maximum absolute atomic E-state index is 12.9. The van der Waals surface area contributed by atoms with E-state index < -0.39 is 0 Å². The summed E-state index contributed by atoms with van der Waals surface area (Å²) in [5.41, 5.74) is 2.11. The molecule has 0 fully saturated rings. The van der Waals surface area contributed by atoms with E-state index in [4.69, 9.17) is 4.74 Å². The van der Waals surface area contributed by atoms with Gasteiger partial charge in [0.1, 0.15) is 24.0 Å². The highest BCUT2D eigenvalue weighted by atomic mass is 32.2. The predicted octanol–water partition coefficient (Wildman–Crippen LogP) is 4.78. The van der Waals surface area contributed by atoms with Gasteiger partial charge in [0.25, 0.3) is 0 Å². The molecule has 0 aliphatic heterocycles. The molecule has 0 bridgehead atoms. The summed E-state index contributed by atoms with van der Waals surface area (Å²) in [4.78, 5) is 0. The summed E-state index contributed by atoms with van der Waals surface area (Å²) in [5, 5.41) is 9.22. The molecular weight excluding hydrogens is 349 g/mol. The highest BCUT2D eigenvalue weighted by Gasteiger charge is 2.08. The molecule has 6 heteroatoms. The molecule has 0 spiro atoms.